The third-order valence-corrected chi connectivity index (χ3v) is 6.31. The molecule has 0 saturated carbocycles. The third-order valence-electron chi connectivity index (χ3n) is 5.77. The fraction of sp³-hybridized carbons (Fsp3) is 0.333. The highest BCUT2D eigenvalue weighted by molar-refractivity contribution is 6.33. The summed E-state index contributed by atoms with van der Waals surface area (Å²) >= 11 is 12.8. The normalized spacial score (nSPS) is 14.9. The average molecular weight is 442 g/mol. The summed E-state index contributed by atoms with van der Waals surface area (Å²) in [6.07, 6.45) is 3.29. The first-order valence-corrected chi connectivity index (χ1v) is 11.0. The highest BCUT2D eigenvalue weighted by Crippen LogP contribution is 2.32. The van der Waals surface area contributed by atoms with E-state index in [9.17, 15) is 4.79 Å². The zero-order chi connectivity index (χ0) is 21.3. The maximum absolute atomic E-state index is 12.4. The molecule has 0 N–H and O–H groups in total. The summed E-state index contributed by atoms with van der Waals surface area (Å²) in [6.45, 7) is 5.59. The minimum absolute atomic E-state index is 0.0920. The lowest BCUT2D eigenvalue weighted by molar-refractivity contribution is 0.404. The SMILES string of the molecule is Cc1cc(=O)n(-c2ccc(N3CCC(Cc4cccc(Cl)c4)CC3)c(Cl)c2)c(C)n1. The average Bonchev–Trinajstić information content (AvgIpc) is 2.68. The van der Waals surface area contributed by atoms with Crippen molar-refractivity contribution < 1.29 is 0 Å². The molecule has 4 nitrogen and oxygen atoms in total. The Balaban J connectivity index is 1.47. The zero-order valence-electron chi connectivity index (χ0n) is 17.2. The number of nitrogens with zero attached hydrogens (tertiary/aromatic N) is 3. The van der Waals surface area contributed by atoms with E-state index < -0.39 is 0 Å². The van der Waals surface area contributed by atoms with Crippen molar-refractivity contribution in [3.63, 3.8) is 0 Å². The molecule has 4 rings (SSSR count). The van der Waals surface area contributed by atoms with Gasteiger partial charge in [-0.3, -0.25) is 9.36 Å². The molecule has 0 bridgehead atoms. The number of aryl methyl sites for hydroxylation is 2. The minimum atomic E-state index is -0.0920. The van der Waals surface area contributed by atoms with Crippen LogP contribution in [0.2, 0.25) is 10.0 Å². The van der Waals surface area contributed by atoms with E-state index in [4.69, 9.17) is 23.2 Å². The van der Waals surface area contributed by atoms with Gasteiger partial charge in [0.2, 0.25) is 0 Å². The molecule has 0 radical (unpaired) electrons. The summed E-state index contributed by atoms with van der Waals surface area (Å²) in [7, 11) is 0. The molecule has 1 aliphatic rings. The number of piperidine rings is 1. The Kier molecular flexibility index (Phi) is 6.16. The van der Waals surface area contributed by atoms with E-state index in [-0.39, 0.29) is 5.56 Å². The van der Waals surface area contributed by atoms with Gasteiger partial charge in [-0.25, -0.2) is 4.98 Å². The van der Waals surface area contributed by atoms with Gasteiger partial charge in [0.1, 0.15) is 5.82 Å². The quantitative estimate of drug-likeness (QED) is 0.527. The molecule has 30 heavy (non-hydrogen) atoms. The lowest BCUT2D eigenvalue weighted by Crippen LogP contribution is -2.34. The fourth-order valence-corrected chi connectivity index (χ4v) is 4.83. The molecule has 3 aromatic rings. The first-order chi connectivity index (χ1) is 14.4. The molecule has 0 spiro atoms. The lowest BCUT2D eigenvalue weighted by Gasteiger charge is -2.34. The number of anilines is 1. The van der Waals surface area contributed by atoms with E-state index in [1.807, 2.05) is 44.2 Å². The highest BCUT2D eigenvalue weighted by Gasteiger charge is 2.21. The molecule has 1 saturated heterocycles. The number of benzene rings is 2. The Morgan fingerprint density at radius 2 is 1.80 bits per heavy atom. The van der Waals surface area contributed by atoms with Gasteiger partial charge in [0.15, 0.2) is 0 Å². The Hall–Kier alpha value is -2.30. The van der Waals surface area contributed by atoms with Crippen molar-refractivity contribution in [1.82, 2.24) is 9.55 Å². The second-order valence-corrected chi connectivity index (χ2v) is 8.86. The third kappa shape index (κ3) is 4.55. The Morgan fingerprint density at radius 3 is 2.47 bits per heavy atom. The largest absolute Gasteiger partial charge is 0.370 e. The van der Waals surface area contributed by atoms with Crippen molar-refractivity contribution in [2.45, 2.75) is 33.1 Å². The maximum Gasteiger partial charge on any atom is 0.258 e. The van der Waals surface area contributed by atoms with Crippen molar-refractivity contribution in [2.75, 3.05) is 18.0 Å². The van der Waals surface area contributed by atoms with Gasteiger partial charge in [-0.1, -0.05) is 35.3 Å². The Labute approximate surface area is 187 Å². The summed E-state index contributed by atoms with van der Waals surface area (Å²) in [4.78, 5) is 19.2. The van der Waals surface area contributed by atoms with Gasteiger partial charge in [-0.15, -0.1) is 0 Å². The second-order valence-electron chi connectivity index (χ2n) is 8.02. The smallest absolute Gasteiger partial charge is 0.258 e. The molecule has 6 heteroatoms. The molecule has 1 aromatic heterocycles. The molecule has 156 valence electrons. The van der Waals surface area contributed by atoms with Crippen molar-refractivity contribution in [1.29, 1.82) is 0 Å². The first-order valence-electron chi connectivity index (χ1n) is 10.3. The van der Waals surface area contributed by atoms with Crippen LogP contribution in [0.5, 0.6) is 0 Å². The summed E-state index contributed by atoms with van der Waals surface area (Å²) < 4.78 is 1.60. The van der Waals surface area contributed by atoms with Gasteiger partial charge in [0, 0.05) is 29.9 Å². The summed E-state index contributed by atoms with van der Waals surface area (Å²) in [5, 5.41) is 1.46. The molecule has 0 amide bonds. The Morgan fingerprint density at radius 1 is 1.03 bits per heavy atom. The first kappa shape index (κ1) is 21.0. The van der Waals surface area contributed by atoms with Crippen LogP contribution in [0.15, 0.2) is 53.3 Å². The fourth-order valence-electron chi connectivity index (χ4n) is 4.32. The molecular weight excluding hydrogens is 417 g/mol. The molecular formula is C24H25Cl2N3O. The van der Waals surface area contributed by atoms with E-state index in [0.29, 0.717) is 16.8 Å². The molecule has 0 unspecified atom stereocenters. The lowest BCUT2D eigenvalue weighted by atomic mass is 9.90. The van der Waals surface area contributed by atoms with Gasteiger partial charge in [0.25, 0.3) is 5.56 Å². The molecule has 1 fully saturated rings. The van der Waals surface area contributed by atoms with Crippen LogP contribution in [0.4, 0.5) is 5.69 Å². The van der Waals surface area contributed by atoms with Crippen LogP contribution in [0.25, 0.3) is 5.69 Å². The maximum atomic E-state index is 12.4. The topological polar surface area (TPSA) is 38.1 Å². The molecule has 2 heterocycles. The number of aromatic nitrogens is 2. The van der Waals surface area contributed by atoms with E-state index >= 15 is 0 Å². The number of hydrogen-bond donors (Lipinski definition) is 0. The van der Waals surface area contributed by atoms with Crippen LogP contribution in [0.3, 0.4) is 0 Å². The van der Waals surface area contributed by atoms with E-state index in [2.05, 4.69) is 22.0 Å². The molecule has 0 aliphatic carbocycles. The van der Waals surface area contributed by atoms with Gasteiger partial charge < -0.3 is 4.90 Å². The standard InChI is InChI=1S/C24H25Cl2N3O/c1-16-12-24(30)29(17(2)27-16)21-6-7-23(22(26)15-21)28-10-8-18(9-11-28)13-19-4-3-5-20(25)14-19/h3-7,12,14-15,18H,8-11,13H2,1-2H3. The molecule has 1 aliphatic heterocycles. The van der Waals surface area contributed by atoms with Crippen LogP contribution in [0, 0.1) is 19.8 Å². The predicted octanol–water partition coefficient (Wildman–Crippen LogP) is 5.62. The number of rotatable bonds is 4. The van der Waals surface area contributed by atoms with Gasteiger partial charge in [0.05, 0.1) is 16.4 Å². The predicted molar refractivity (Wildman–Crippen MR) is 124 cm³/mol. The monoisotopic (exact) mass is 441 g/mol. The zero-order valence-corrected chi connectivity index (χ0v) is 18.7. The summed E-state index contributed by atoms with van der Waals surface area (Å²) in [5.41, 5.74) is 3.70. The van der Waals surface area contributed by atoms with Gasteiger partial charge in [-0.05, 0) is 74.9 Å². The van der Waals surface area contributed by atoms with Crippen molar-refractivity contribution >= 4 is 28.9 Å². The Bertz CT molecular complexity index is 1120. The van der Waals surface area contributed by atoms with Crippen LogP contribution < -0.4 is 10.5 Å². The van der Waals surface area contributed by atoms with Crippen LogP contribution in [0.1, 0.15) is 29.9 Å². The van der Waals surface area contributed by atoms with E-state index in [0.717, 1.165) is 54.4 Å². The van der Waals surface area contributed by atoms with Crippen molar-refractivity contribution in [3.8, 4) is 5.69 Å². The van der Waals surface area contributed by atoms with Crippen molar-refractivity contribution in [3.05, 3.63) is 86.0 Å². The van der Waals surface area contributed by atoms with Crippen LogP contribution in [-0.2, 0) is 6.42 Å². The number of hydrogen-bond acceptors (Lipinski definition) is 3. The van der Waals surface area contributed by atoms with Crippen LogP contribution in [-0.4, -0.2) is 22.6 Å². The number of halogens is 2. The molecule has 2 aromatic carbocycles. The van der Waals surface area contributed by atoms with E-state index in [1.165, 1.54) is 5.56 Å². The molecule has 0 atom stereocenters. The summed E-state index contributed by atoms with van der Waals surface area (Å²) in [6, 6.07) is 15.5. The van der Waals surface area contributed by atoms with Gasteiger partial charge >= 0.3 is 0 Å². The van der Waals surface area contributed by atoms with Crippen LogP contribution >= 0.6 is 23.2 Å². The van der Waals surface area contributed by atoms with E-state index in [1.54, 1.807) is 10.6 Å². The highest BCUT2D eigenvalue weighted by atomic mass is 35.5. The minimum Gasteiger partial charge on any atom is -0.370 e. The summed E-state index contributed by atoms with van der Waals surface area (Å²) in [5.74, 6) is 1.31. The van der Waals surface area contributed by atoms with Crippen molar-refractivity contribution in [2.24, 2.45) is 5.92 Å². The van der Waals surface area contributed by atoms with Gasteiger partial charge in [-0.2, -0.15) is 0 Å². The second kappa shape index (κ2) is 8.83.